The summed E-state index contributed by atoms with van der Waals surface area (Å²) in [4.78, 5) is 18.0. The van der Waals surface area contributed by atoms with Crippen LogP contribution in [-0.2, 0) is 4.79 Å². The van der Waals surface area contributed by atoms with Gasteiger partial charge in [0, 0.05) is 16.4 Å². The number of nitrogens with one attached hydrogen (secondary N) is 2. The summed E-state index contributed by atoms with van der Waals surface area (Å²) in [7, 11) is 0. The molecule has 0 aliphatic carbocycles. The van der Waals surface area contributed by atoms with E-state index < -0.39 is 6.04 Å². The van der Waals surface area contributed by atoms with Crippen LogP contribution in [0.15, 0.2) is 58.9 Å². The highest BCUT2D eigenvalue weighted by Crippen LogP contribution is 2.40. The minimum absolute atomic E-state index is 0.260. The summed E-state index contributed by atoms with van der Waals surface area (Å²) in [6, 6.07) is 12.2. The van der Waals surface area contributed by atoms with Crippen molar-refractivity contribution in [3.63, 3.8) is 0 Å². The number of hydrogen-bond donors (Lipinski definition) is 2. The second-order valence-corrected chi connectivity index (χ2v) is 8.51. The standard InChI is InChI=1S/C22H20ClN5O3S/c1-12-18(20(29)25-15-5-3-4-14(23)11-15)19(28-21(24-12)26-22(27-28)32-2)13-6-7-16-17(10-13)31-9-8-30-16/h3-7,10-11,19H,8-9H2,1-2H3,(H,25,29)(H,24,26,27). The van der Waals surface area contributed by atoms with Crippen molar-refractivity contribution in [2.75, 3.05) is 30.1 Å². The number of anilines is 2. The minimum atomic E-state index is -0.505. The minimum Gasteiger partial charge on any atom is -0.486 e. The van der Waals surface area contributed by atoms with Crippen LogP contribution in [0, 0.1) is 0 Å². The van der Waals surface area contributed by atoms with Crippen molar-refractivity contribution in [1.82, 2.24) is 14.8 Å². The summed E-state index contributed by atoms with van der Waals surface area (Å²) in [6.45, 7) is 2.84. The first kappa shape index (κ1) is 20.7. The molecule has 1 amide bonds. The molecule has 1 aromatic heterocycles. The highest BCUT2D eigenvalue weighted by molar-refractivity contribution is 7.98. The number of carbonyl (C=O) groups excluding carboxylic acids is 1. The quantitative estimate of drug-likeness (QED) is 0.549. The normalized spacial score (nSPS) is 16.9. The van der Waals surface area contributed by atoms with Crippen molar-refractivity contribution in [2.24, 2.45) is 0 Å². The Balaban J connectivity index is 1.59. The molecule has 8 nitrogen and oxygen atoms in total. The van der Waals surface area contributed by atoms with Gasteiger partial charge in [0.2, 0.25) is 11.1 Å². The Bertz CT molecular complexity index is 1240. The van der Waals surface area contributed by atoms with Crippen LogP contribution in [0.25, 0.3) is 0 Å². The van der Waals surface area contributed by atoms with Crippen molar-refractivity contribution < 1.29 is 14.3 Å². The summed E-state index contributed by atoms with van der Waals surface area (Å²) in [6.07, 6.45) is 1.91. The molecule has 10 heteroatoms. The first-order chi connectivity index (χ1) is 15.5. The van der Waals surface area contributed by atoms with Gasteiger partial charge in [-0.15, -0.1) is 5.10 Å². The molecular weight excluding hydrogens is 450 g/mol. The molecule has 5 rings (SSSR count). The summed E-state index contributed by atoms with van der Waals surface area (Å²) < 4.78 is 13.2. The van der Waals surface area contributed by atoms with Crippen LogP contribution in [-0.4, -0.2) is 40.1 Å². The van der Waals surface area contributed by atoms with Gasteiger partial charge in [0.1, 0.15) is 19.3 Å². The number of fused-ring (bicyclic) bond motifs is 2. The van der Waals surface area contributed by atoms with Gasteiger partial charge in [-0.05, 0) is 49.1 Å². The predicted molar refractivity (Wildman–Crippen MR) is 124 cm³/mol. The lowest BCUT2D eigenvalue weighted by molar-refractivity contribution is -0.113. The van der Waals surface area contributed by atoms with E-state index in [1.54, 1.807) is 28.9 Å². The van der Waals surface area contributed by atoms with Crippen molar-refractivity contribution in [3.8, 4) is 11.5 Å². The van der Waals surface area contributed by atoms with Crippen LogP contribution in [0.5, 0.6) is 11.5 Å². The third-order valence-corrected chi connectivity index (χ3v) is 6.00. The molecule has 0 spiro atoms. The zero-order valence-corrected chi connectivity index (χ0v) is 19.0. The van der Waals surface area contributed by atoms with E-state index in [4.69, 9.17) is 21.1 Å². The molecule has 1 atom stereocenters. The second kappa shape index (κ2) is 8.40. The van der Waals surface area contributed by atoms with Gasteiger partial charge in [-0.25, -0.2) is 4.68 Å². The fraction of sp³-hybridized carbons (Fsp3) is 0.227. The van der Waals surface area contributed by atoms with Gasteiger partial charge in [0.05, 0.1) is 5.57 Å². The molecule has 0 saturated carbocycles. The summed E-state index contributed by atoms with van der Waals surface area (Å²) >= 11 is 7.53. The lowest BCUT2D eigenvalue weighted by Gasteiger charge is -2.29. The monoisotopic (exact) mass is 469 g/mol. The average Bonchev–Trinajstić information content (AvgIpc) is 3.20. The van der Waals surface area contributed by atoms with Crippen LogP contribution in [0.2, 0.25) is 5.02 Å². The van der Waals surface area contributed by atoms with E-state index >= 15 is 0 Å². The molecule has 0 bridgehead atoms. The summed E-state index contributed by atoms with van der Waals surface area (Å²) in [5.74, 6) is 1.64. The van der Waals surface area contributed by atoms with Crippen LogP contribution < -0.4 is 20.1 Å². The average molecular weight is 470 g/mol. The Labute approximate surface area is 194 Å². The predicted octanol–water partition coefficient (Wildman–Crippen LogP) is 4.35. The van der Waals surface area contributed by atoms with Gasteiger partial charge in [0.15, 0.2) is 11.5 Å². The van der Waals surface area contributed by atoms with E-state index in [0.29, 0.717) is 57.8 Å². The fourth-order valence-corrected chi connectivity index (χ4v) is 4.35. The number of thioether (sulfide) groups is 1. The maximum atomic E-state index is 13.5. The highest BCUT2D eigenvalue weighted by Gasteiger charge is 2.35. The molecule has 1 unspecified atom stereocenters. The van der Waals surface area contributed by atoms with Crippen molar-refractivity contribution in [1.29, 1.82) is 0 Å². The fourth-order valence-electron chi connectivity index (χ4n) is 3.81. The number of aromatic nitrogens is 3. The first-order valence-electron chi connectivity index (χ1n) is 9.98. The second-order valence-electron chi connectivity index (χ2n) is 7.30. The number of halogens is 1. The van der Waals surface area contributed by atoms with Gasteiger partial charge in [0.25, 0.3) is 5.91 Å². The zero-order chi connectivity index (χ0) is 22.2. The smallest absolute Gasteiger partial charge is 0.255 e. The molecule has 3 aromatic rings. The van der Waals surface area contributed by atoms with E-state index in [0.717, 1.165) is 5.56 Å². The number of benzene rings is 2. The molecule has 32 heavy (non-hydrogen) atoms. The maximum Gasteiger partial charge on any atom is 0.255 e. The molecule has 2 aliphatic rings. The number of carbonyl (C=O) groups is 1. The van der Waals surface area contributed by atoms with Crippen LogP contribution >= 0.6 is 23.4 Å². The third-order valence-electron chi connectivity index (χ3n) is 5.22. The number of hydrogen-bond acceptors (Lipinski definition) is 7. The van der Waals surface area contributed by atoms with E-state index in [-0.39, 0.29) is 5.91 Å². The topological polar surface area (TPSA) is 90.3 Å². The lowest BCUT2D eigenvalue weighted by Crippen LogP contribution is -2.31. The number of ether oxygens (including phenoxy) is 2. The Morgan fingerprint density at radius 3 is 2.81 bits per heavy atom. The number of allylic oxidation sites excluding steroid dienone is 1. The number of amides is 1. The third kappa shape index (κ3) is 3.78. The van der Waals surface area contributed by atoms with Crippen molar-refractivity contribution in [2.45, 2.75) is 18.1 Å². The van der Waals surface area contributed by atoms with Crippen LogP contribution in [0.4, 0.5) is 11.6 Å². The molecule has 0 fully saturated rings. The van der Waals surface area contributed by atoms with Crippen molar-refractivity contribution in [3.05, 3.63) is 64.3 Å². The maximum absolute atomic E-state index is 13.5. The Morgan fingerprint density at radius 1 is 1.22 bits per heavy atom. The first-order valence-corrected chi connectivity index (χ1v) is 11.6. The van der Waals surface area contributed by atoms with Crippen molar-refractivity contribution >= 4 is 40.9 Å². The zero-order valence-electron chi connectivity index (χ0n) is 17.4. The highest BCUT2D eigenvalue weighted by atomic mass is 35.5. The Kier molecular flexibility index (Phi) is 5.44. The van der Waals surface area contributed by atoms with Gasteiger partial charge in [-0.3, -0.25) is 4.79 Å². The molecule has 0 radical (unpaired) electrons. The Hall–Kier alpha value is -3.17. The van der Waals surface area contributed by atoms with Gasteiger partial charge in [-0.2, -0.15) is 4.98 Å². The van der Waals surface area contributed by atoms with Gasteiger partial charge in [-0.1, -0.05) is 35.5 Å². The number of rotatable bonds is 4. The molecule has 2 aliphatic heterocycles. The molecular formula is C22H20ClN5O3S. The van der Waals surface area contributed by atoms with Crippen LogP contribution in [0.3, 0.4) is 0 Å². The molecule has 2 N–H and O–H groups in total. The van der Waals surface area contributed by atoms with Crippen LogP contribution in [0.1, 0.15) is 18.5 Å². The molecule has 3 heterocycles. The molecule has 2 aromatic carbocycles. The van der Waals surface area contributed by atoms with Gasteiger partial charge < -0.3 is 20.1 Å². The lowest BCUT2D eigenvalue weighted by atomic mass is 9.94. The summed E-state index contributed by atoms with van der Waals surface area (Å²) in [5.41, 5.74) is 2.66. The number of nitrogens with zero attached hydrogens (tertiary/aromatic N) is 3. The van der Waals surface area contributed by atoms with E-state index in [1.807, 2.05) is 31.4 Å². The van der Waals surface area contributed by atoms with Gasteiger partial charge >= 0.3 is 0 Å². The van der Waals surface area contributed by atoms with E-state index in [2.05, 4.69) is 20.7 Å². The molecule has 164 valence electrons. The van der Waals surface area contributed by atoms with E-state index in [1.165, 1.54) is 11.8 Å². The Morgan fingerprint density at radius 2 is 2.03 bits per heavy atom. The molecule has 0 saturated heterocycles. The SMILES string of the molecule is CSc1nc2n(n1)C(c1ccc3c(c1)OCCO3)C(C(=O)Nc1cccc(Cl)c1)=C(C)N2. The summed E-state index contributed by atoms with van der Waals surface area (Å²) in [5, 5.41) is 12.0. The van der Waals surface area contributed by atoms with E-state index in [9.17, 15) is 4.79 Å². The largest absolute Gasteiger partial charge is 0.486 e.